The van der Waals surface area contributed by atoms with Crippen LogP contribution in [-0.4, -0.2) is 10.2 Å². The molecule has 0 radical (unpaired) electrons. The number of aryl methyl sites for hydroxylation is 2. The topological polar surface area (TPSA) is 38.9 Å². The molecule has 0 amide bonds. The van der Waals surface area contributed by atoms with Crippen LogP contribution in [0.4, 0.5) is 0 Å². The van der Waals surface area contributed by atoms with Gasteiger partial charge in [0.15, 0.2) is 0 Å². The first-order chi connectivity index (χ1) is 10.9. The zero-order valence-corrected chi connectivity index (χ0v) is 12.8. The second-order valence-corrected chi connectivity index (χ2v) is 5.39. The first-order valence-corrected chi connectivity index (χ1v) is 7.78. The minimum absolute atomic E-state index is 0.180. The van der Waals surface area contributed by atoms with E-state index in [-0.39, 0.29) is 5.92 Å². The summed E-state index contributed by atoms with van der Waals surface area (Å²) < 4.78 is 5.89. The standard InChI is InChI=1S/C19H20N2O/c1-2-17(16-11-7-4-8-12-16)19-21-20-18(22-19)14-13-15-9-5-3-6-10-15/h3-12,17H,2,13-14H2,1H3/t17-/m1/s1. The summed E-state index contributed by atoms with van der Waals surface area (Å²) in [6.45, 7) is 2.14. The normalized spacial score (nSPS) is 12.2. The first kappa shape index (κ1) is 14.5. The number of hydrogen-bond acceptors (Lipinski definition) is 3. The number of hydrogen-bond donors (Lipinski definition) is 0. The maximum absolute atomic E-state index is 5.89. The van der Waals surface area contributed by atoms with E-state index < -0.39 is 0 Å². The summed E-state index contributed by atoms with van der Waals surface area (Å²) in [6.07, 6.45) is 2.65. The monoisotopic (exact) mass is 292 g/mol. The molecule has 1 aromatic heterocycles. The first-order valence-electron chi connectivity index (χ1n) is 7.78. The predicted molar refractivity (Wildman–Crippen MR) is 86.7 cm³/mol. The Labute approximate surface area is 131 Å². The van der Waals surface area contributed by atoms with Crippen molar-refractivity contribution in [3.63, 3.8) is 0 Å². The molecule has 0 bridgehead atoms. The van der Waals surface area contributed by atoms with Gasteiger partial charge in [-0.05, 0) is 24.0 Å². The quantitative estimate of drug-likeness (QED) is 0.676. The number of aromatic nitrogens is 2. The Hall–Kier alpha value is -2.42. The van der Waals surface area contributed by atoms with E-state index in [4.69, 9.17) is 4.42 Å². The Bertz CT molecular complexity index is 692. The van der Waals surface area contributed by atoms with Crippen LogP contribution in [0, 0.1) is 0 Å². The molecule has 0 fully saturated rings. The molecule has 3 nitrogen and oxygen atoms in total. The van der Waals surface area contributed by atoms with Crippen LogP contribution < -0.4 is 0 Å². The Balaban J connectivity index is 1.70. The van der Waals surface area contributed by atoms with E-state index >= 15 is 0 Å². The predicted octanol–water partition coefficient (Wildman–Crippen LogP) is 4.40. The molecular formula is C19H20N2O. The van der Waals surface area contributed by atoms with Gasteiger partial charge in [0.25, 0.3) is 0 Å². The van der Waals surface area contributed by atoms with Crippen LogP contribution in [0.3, 0.4) is 0 Å². The van der Waals surface area contributed by atoms with Crippen LogP contribution in [0.1, 0.15) is 42.2 Å². The Morgan fingerprint density at radius 1 is 0.864 bits per heavy atom. The van der Waals surface area contributed by atoms with Crippen LogP contribution in [0.2, 0.25) is 0 Å². The van der Waals surface area contributed by atoms with E-state index in [0.29, 0.717) is 5.89 Å². The summed E-state index contributed by atoms with van der Waals surface area (Å²) >= 11 is 0. The van der Waals surface area contributed by atoms with Crippen molar-refractivity contribution in [3.05, 3.63) is 83.6 Å². The van der Waals surface area contributed by atoms with Gasteiger partial charge in [-0.2, -0.15) is 0 Å². The minimum Gasteiger partial charge on any atom is -0.425 e. The van der Waals surface area contributed by atoms with Crippen molar-refractivity contribution in [2.75, 3.05) is 0 Å². The Morgan fingerprint density at radius 2 is 1.55 bits per heavy atom. The average molecular weight is 292 g/mol. The van der Waals surface area contributed by atoms with Crippen molar-refractivity contribution in [3.8, 4) is 0 Å². The fourth-order valence-corrected chi connectivity index (χ4v) is 2.64. The summed E-state index contributed by atoms with van der Waals surface area (Å²) in [5.41, 5.74) is 2.51. The van der Waals surface area contributed by atoms with Crippen molar-refractivity contribution in [1.82, 2.24) is 10.2 Å². The molecule has 2 aromatic carbocycles. The fraction of sp³-hybridized carbons (Fsp3) is 0.263. The zero-order chi connectivity index (χ0) is 15.2. The maximum Gasteiger partial charge on any atom is 0.223 e. The minimum atomic E-state index is 0.180. The van der Waals surface area contributed by atoms with Gasteiger partial charge < -0.3 is 4.42 Å². The summed E-state index contributed by atoms with van der Waals surface area (Å²) in [7, 11) is 0. The van der Waals surface area contributed by atoms with Gasteiger partial charge in [0.1, 0.15) is 0 Å². The van der Waals surface area contributed by atoms with Gasteiger partial charge in [-0.25, -0.2) is 0 Å². The molecule has 0 aliphatic heterocycles. The molecule has 0 N–H and O–H groups in total. The molecule has 1 heterocycles. The highest BCUT2D eigenvalue weighted by Crippen LogP contribution is 2.26. The number of nitrogens with zero attached hydrogens (tertiary/aromatic N) is 2. The van der Waals surface area contributed by atoms with E-state index in [1.807, 2.05) is 24.3 Å². The number of benzene rings is 2. The highest BCUT2D eigenvalue weighted by Gasteiger charge is 2.18. The molecule has 0 spiro atoms. The molecule has 1 atom stereocenters. The molecule has 22 heavy (non-hydrogen) atoms. The Morgan fingerprint density at radius 3 is 2.23 bits per heavy atom. The van der Waals surface area contributed by atoms with Crippen molar-refractivity contribution < 1.29 is 4.42 Å². The van der Waals surface area contributed by atoms with Gasteiger partial charge in [-0.3, -0.25) is 0 Å². The molecule has 3 rings (SSSR count). The lowest BCUT2D eigenvalue weighted by Crippen LogP contribution is -1.99. The maximum atomic E-state index is 5.89. The lowest BCUT2D eigenvalue weighted by Gasteiger charge is -2.10. The van der Waals surface area contributed by atoms with Crippen LogP contribution >= 0.6 is 0 Å². The summed E-state index contributed by atoms with van der Waals surface area (Å²) in [5, 5.41) is 8.47. The van der Waals surface area contributed by atoms with Gasteiger partial charge in [-0.1, -0.05) is 67.6 Å². The molecule has 0 saturated heterocycles. The van der Waals surface area contributed by atoms with Crippen LogP contribution in [0.5, 0.6) is 0 Å². The molecule has 0 saturated carbocycles. The summed E-state index contributed by atoms with van der Waals surface area (Å²) in [6, 6.07) is 20.7. The summed E-state index contributed by atoms with van der Waals surface area (Å²) in [4.78, 5) is 0. The lowest BCUT2D eigenvalue weighted by atomic mass is 9.97. The third kappa shape index (κ3) is 3.42. The molecule has 0 aliphatic rings. The van der Waals surface area contributed by atoms with E-state index in [1.54, 1.807) is 0 Å². The second kappa shape index (κ2) is 7.03. The van der Waals surface area contributed by atoms with E-state index in [0.717, 1.165) is 25.2 Å². The average Bonchev–Trinajstić information content (AvgIpc) is 3.04. The van der Waals surface area contributed by atoms with E-state index in [2.05, 4.69) is 53.5 Å². The molecular weight excluding hydrogens is 272 g/mol. The van der Waals surface area contributed by atoms with E-state index in [1.165, 1.54) is 11.1 Å². The molecule has 3 heteroatoms. The van der Waals surface area contributed by atoms with Crippen LogP contribution in [0.15, 0.2) is 65.1 Å². The molecule has 112 valence electrons. The van der Waals surface area contributed by atoms with Gasteiger partial charge in [-0.15, -0.1) is 10.2 Å². The van der Waals surface area contributed by atoms with Crippen molar-refractivity contribution >= 4 is 0 Å². The molecule has 3 aromatic rings. The second-order valence-electron chi connectivity index (χ2n) is 5.39. The zero-order valence-electron chi connectivity index (χ0n) is 12.8. The number of rotatable bonds is 6. The van der Waals surface area contributed by atoms with Gasteiger partial charge in [0, 0.05) is 6.42 Å². The molecule has 0 unspecified atom stereocenters. The van der Waals surface area contributed by atoms with Gasteiger partial charge in [0.05, 0.1) is 5.92 Å². The smallest absolute Gasteiger partial charge is 0.223 e. The van der Waals surface area contributed by atoms with Gasteiger partial charge >= 0.3 is 0 Å². The van der Waals surface area contributed by atoms with Crippen LogP contribution in [-0.2, 0) is 12.8 Å². The van der Waals surface area contributed by atoms with Crippen molar-refractivity contribution in [2.24, 2.45) is 0 Å². The lowest BCUT2D eigenvalue weighted by molar-refractivity contribution is 0.427. The highest BCUT2D eigenvalue weighted by atomic mass is 16.4. The Kier molecular flexibility index (Phi) is 4.64. The third-order valence-corrected chi connectivity index (χ3v) is 3.86. The van der Waals surface area contributed by atoms with Crippen molar-refractivity contribution in [2.45, 2.75) is 32.1 Å². The fourth-order valence-electron chi connectivity index (χ4n) is 2.64. The van der Waals surface area contributed by atoms with E-state index in [9.17, 15) is 0 Å². The van der Waals surface area contributed by atoms with Gasteiger partial charge in [0.2, 0.25) is 11.8 Å². The van der Waals surface area contributed by atoms with Crippen molar-refractivity contribution in [1.29, 1.82) is 0 Å². The van der Waals surface area contributed by atoms with Crippen LogP contribution in [0.25, 0.3) is 0 Å². The highest BCUT2D eigenvalue weighted by molar-refractivity contribution is 5.24. The SMILES string of the molecule is CC[C@H](c1ccccc1)c1nnc(CCc2ccccc2)o1. The third-order valence-electron chi connectivity index (χ3n) is 3.86. The molecule has 0 aliphatic carbocycles. The largest absolute Gasteiger partial charge is 0.425 e. The summed E-state index contributed by atoms with van der Waals surface area (Å²) in [5.74, 6) is 1.61.